The van der Waals surface area contributed by atoms with Gasteiger partial charge in [0, 0.05) is 5.56 Å². The van der Waals surface area contributed by atoms with Crippen molar-refractivity contribution in [3.63, 3.8) is 0 Å². The molecule has 37 heavy (non-hydrogen) atoms. The molecule has 0 radical (unpaired) electrons. The Morgan fingerprint density at radius 1 is 0.568 bits per heavy atom. The van der Waals surface area contributed by atoms with E-state index < -0.39 is 35.3 Å². The van der Waals surface area contributed by atoms with Gasteiger partial charge in [0.2, 0.25) is 0 Å². The minimum atomic E-state index is -5.84. The summed E-state index contributed by atoms with van der Waals surface area (Å²) in [5.74, 6) is 0.314. The van der Waals surface area contributed by atoms with Crippen molar-refractivity contribution in [3.8, 4) is 0 Å². The third kappa shape index (κ3) is 7.19. The molecule has 0 fully saturated rings. The number of hydrogen-bond donors (Lipinski definition) is 2. The normalized spacial score (nSPS) is 16.3. The van der Waals surface area contributed by atoms with Gasteiger partial charge in [-0.15, -0.1) is 0 Å². The first-order chi connectivity index (χ1) is 16.6. The Hall–Kier alpha value is -2.27. The first-order valence-electron chi connectivity index (χ1n) is 11.5. The largest absolute Gasteiger partial charge is 0.430 e. The van der Waals surface area contributed by atoms with Crippen molar-refractivity contribution in [2.45, 2.75) is 89.0 Å². The second-order valence-electron chi connectivity index (χ2n) is 9.14. The smallest absolute Gasteiger partial charge is 0.376 e. The van der Waals surface area contributed by atoms with Crippen molar-refractivity contribution < 1.29 is 49.7 Å². The highest BCUT2D eigenvalue weighted by Gasteiger charge is 2.71. The lowest BCUT2D eigenvalue weighted by atomic mass is 9.89. The maximum Gasteiger partial charge on any atom is 0.430 e. The predicted octanol–water partition coefficient (Wildman–Crippen LogP) is 8.48. The summed E-state index contributed by atoms with van der Waals surface area (Å²) in [5.41, 5.74) is -7.41. The number of hydrogen-bond acceptors (Lipinski definition) is 2. The molecule has 2 N–H and O–H groups in total. The quantitative estimate of drug-likeness (QED) is 0.357. The molecule has 0 aliphatic rings. The zero-order valence-electron chi connectivity index (χ0n) is 21.0. The molecular weight excluding hydrogens is 515 g/mol. The van der Waals surface area contributed by atoms with Crippen LogP contribution in [0.15, 0.2) is 48.5 Å². The first-order valence-corrected chi connectivity index (χ1v) is 11.5. The average Bonchev–Trinajstić information content (AvgIpc) is 2.81. The molecule has 2 aromatic rings. The highest BCUT2D eigenvalue weighted by molar-refractivity contribution is 5.32. The second kappa shape index (κ2) is 11.6. The van der Waals surface area contributed by atoms with Crippen molar-refractivity contribution in [1.82, 2.24) is 0 Å². The Balaban J connectivity index is 0.000000375. The van der Waals surface area contributed by atoms with E-state index in [4.69, 9.17) is 0 Å². The minimum absolute atomic E-state index is 0.00826. The Morgan fingerprint density at radius 2 is 0.865 bits per heavy atom. The molecule has 3 atom stereocenters. The lowest BCUT2D eigenvalue weighted by Gasteiger charge is -2.32. The van der Waals surface area contributed by atoms with Gasteiger partial charge >= 0.3 is 18.5 Å². The van der Waals surface area contributed by atoms with Crippen molar-refractivity contribution in [2.24, 2.45) is 0 Å². The van der Waals surface area contributed by atoms with E-state index >= 15 is 0 Å². The van der Waals surface area contributed by atoms with Crippen LogP contribution in [-0.2, 0) is 11.2 Å². The molecule has 2 aromatic carbocycles. The van der Waals surface area contributed by atoms with Crippen molar-refractivity contribution in [1.29, 1.82) is 0 Å². The van der Waals surface area contributed by atoms with E-state index in [9.17, 15) is 49.7 Å². The lowest BCUT2D eigenvalue weighted by Crippen LogP contribution is -2.53. The predicted molar refractivity (Wildman–Crippen MR) is 122 cm³/mol. The molecule has 11 heteroatoms. The van der Waals surface area contributed by atoms with E-state index in [0.29, 0.717) is 30.0 Å². The number of halogens is 9. The Labute approximate surface area is 210 Å². The van der Waals surface area contributed by atoms with Gasteiger partial charge in [-0.2, -0.15) is 39.5 Å². The van der Waals surface area contributed by atoms with Crippen LogP contribution >= 0.6 is 0 Å². The SMILES string of the molecule is CCC(C)c1ccc(C(C)(O)C(F)(F)F)cc1.CCC(C)c1ccc(C(O)(C(F)(F)F)C(F)(F)F)cc1. The number of benzene rings is 2. The van der Waals surface area contributed by atoms with Crippen molar-refractivity contribution in [3.05, 3.63) is 70.8 Å². The van der Waals surface area contributed by atoms with E-state index in [1.807, 2.05) is 20.8 Å². The van der Waals surface area contributed by atoms with E-state index in [2.05, 4.69) is 0 Å². The van der Waals surface area contributed by atoms with Gasteiger partial charge in [-0.3, -0.25) is 0 Å². The van der Waals surface area contributed by atoms with Gasteiger partial charge in [-0.25, -0.2) is 0 Å². The summed E-state index contributed by atoms with van der Waals surface area (Å²) in [6, 6.07) is 9.65. The molecule has 0 saturated heterocycles. The van der Waals surface area contributed by atoms with E-state index in [-0.39, 0.29) is 11.5 Å². The Kier molecular flexibility index (Phi) is 10.3. The molecular formula is C26H31F9O2. The molecule has 2 rings (SSSR count). The minimum Gasteiger partial charge on any atom is -0.376 e. The fourth-order valence-corrected chi connectivity index (χ4v) is 3.31. The summed E-state index contributed by atoms with van der Waals surface area (Å²) in [6.45, 7) is 8.45. The molecule has 0 amide bonds. The summed E-state index contributed by atoms with van der Waals surface area (Å²) >= 11 is 0. The maximum absolute atomic E-state index is 12.6. The number of alkyl halides is 9. The molecule has 0 spiro atoms. The molecule has 0 saturated carbocycles. The van der Waals surface area contributed by atoms with Crippen molar-refractivity contribution in [2.75, 3.05) is 0 Å². The van der Waals surface area contributed by atoms with Gasteiger partial charge in [0.15, 0.2) is 5.60 Å². The Morgan fingerprint density at radius 3 is 1.11 bits per heavy atom. The molecule has 0 aliphatic carbocycles. The Bertz CT molecular complexity index is 960. The van der Waals surface area contributed by atoms with Crippen LogP contribution in [0.25, 0.3) is 0 Å². The van der Waals surface area contributed by atoms with Crippen LogP contribution in [0.4, 0.5) is 39.5 Å². The zero-order valence-corrected chi connectivity index (χ0v) is 21.0. The zero-order chi connectivity index (χ0) is 29.0. The fraction of sp³-hybridized carbons (Fsp3) is 0.538. The summed E-state index contributed by atoms with van der Waals surface area (Å²) in [4.78, 5) is 0. The van der Waals surface area contributed by atoms with Crippen LogP contribution in [0.1, 0.15) is 81.5 Å². The third-order valence-electron chi connectivity index (χ3n) is 6.54. The highest BCUT2D eigenvalue weighted by atomic mass is 19.4. The summed E-state index contributed by atoms with van der Waals surface area (Å²) in [6.07, 6.45) is -14.7. The van der Waals surface area contributed by atoms with Gasteiger partial charge in [-0.05, 0) is 48.3 Å². The summed E-state index contributed by atoms with van der Waals surface area (Å²) in [7, 11) is 0. The van der Waals surface area contributed by atoms with E-state index in [1.165, 1.54) is 24.3 Å². The molecule has 0 heterocycles. The lowest BCUT2D eigenvalue weighted by molar-refractivity contribution is -0.376. The van der Waals surface area contributed by atoms with E-state index in [1.54, 1.807) is 19.1 Å². The van der Waals surface area contributed by atoms with Gasteiger partial charge in [0.25, 0.3) is 5.60 Å². The molecule has 0 bridgehead atoms. The topological polar surface area (TPSA) is 40.5 Å². The highest BCUT2D eigenvalue weighted by Crippen LogP contribution is 2.50. The van der Waals surface area contributed by atoms with Crippen molar-refractivity contribution >= 4 is 0 Å². The van der Waals surface area contributed by atoms with Gasteiger partial charge in [0.1, 0.15) is 0 Å². The van der Waals surface area contributed by atoms with Crippen LogP contribution in [0, 0.1) is 0 Å². The van der Waals surface area contributed by atoms with Crippen LogP contribution < -0.4 is 0 Å². The molecule has 0 aliphatic heterocycles. The van der Waals surface area contributed by atoms with Crippen LogP contribution in [0.3, 0.4) is 0 Å². The molecule has 210 valence electrons. The van der Waals surface area contributed by atoms with Gasteiger partial charge in [-0.1, -0.05) is 76.2 Å². The second-order valence-corrected chi connectivity index (χ2v) is 9.14. The number of aliphatic hydroxyl groups is 2. The monoisotopic (exact) mass is 546 g/mol. The standard InChI is InChI=1S/C13H14F6O.C13H17F3O/c1-3-8(2)9-4-6-10(7-5-9)11(20,12(14,15)16)13(17,18)19;1-4-9(2)10-5-7-11(8-6-10)12(3,17)13(14,15)16/h4-8,20H,3H2,1-2H3;5-9,17H,4H2,1-3H3. The summed E-state index contributed by atoms with van der Waals surface area (Å²) in [5, 5.41) is 18.7. The maximum atomic E-state index is 12.6. The van der Waals surface area contributed by atoms with E-state index in [0.717, 1.165) is 18.9 Å². The first kappa shape index (κ1) is 32.8. The van der Waals surface area contributed by atoms with Gasteiger partial charge in [0.05, 0.1) is 0 Å². The molecule has 3 unspecified atom stereocenters. The molecule has 2 nitrogen and oxygen atoms in total. The van der Waals surface area contributed by atoms with Crippen LogP contribution in [0.2, 0.25) is 0 Å². The molecule has 0 aromatic heterocycles. The third-order valence-corrected chi connectivity index (χ3v) is 6.54. The fourth-order valence-electron chi connectivity index (χ4n) is 3.31. The number of rotatable bonds is 6. The van der Waals surface area contributed by atoms with Crippen LogP contribution in [0.5, 0.6) is 0 Å². The summed E-state index contributed by atoms with van der Waals surface area (Å²) < 4.78 is 114. The van der Waals surface area contributed by atoms with Crippen LogP contribution in [-0.4, -0.2) is 28.7 Å². The average molecular weight is 547 g/mol. The van der Waals surface area contributed by atoms with Gasteiger partial charge < -0.3 is 10.2 Å².